The number of nitrogens with zero attached hydrogens (tertiary/aromatic N) is 3. The van der Waals surface area contributed by atoms with Crippen LogP contribution in [0.5, 0.6) is 0 Å². The third kappa shape index (κ3) is 2.86. The first-order chi connectivity index (χ1) is 6.29. The van der Waals surface area contributed by atoms with E-state index in [9.17, 15) is 0 Å². The SMILES string of the molecule is CN(CCCl)C(CCl)n1ccnc1. The molecule has 0 bridgehead atoms. The number of hydrogen-bond acceptors (Lipinski definition) is 2. The lowest BCUT2D eigenvalue weighted by molar-refractivity contribution is 0.209. The van der Waals surface area contributed by atoms with Gasteiger partial charge in [-0.15, -0.1) is 23.2 Å². The molecule has 0 N–H and O–H groups in total. The van der Waals surface area contributed by atoms with Crippen LogP contribution in [0, 0.1) is 0 Å². The lowest BCUT2D eigenvalue weighted by Gasteiger charge is -2.26. The van der Waals surface area contributed by atoms with Crippen LogP contribution in [-0.2, 0) is 0 Å². The van der Waals surface area contributed by atoms with Crippen LogP contribution in [0.1, 0.15) is 6.17 Å². The normalized spacial score (nSPS) is 13.5. The lowest BCUT2D eigenvalue weighted by atomic mass is 10.4. The van der Waals surface area contributed by atoms with Crippen LogP contribution >= 0.6 is 23.2 Å². The topological polar surface area (TPSA) is 21.1 Å². The quantitative estimate of drug-likeness (QED) is 0.708. The smallest absolute Gasteiger partial charge is 0.101 e. The first-order valence-electron chi connectivity index (χ1n) is 4.09. The molecule has 1 heterocycles. The van der Waals surface area contributed by atoms with Gasteiger partial charge in [0, 0.05) is 24.8 Å². The summed E-state index contributed by atoms with van der Waals surface area (Å²) < 4.78 is 1.97. The minimum atomic E-state index is 0.142. The molecule has 0 aliphatic carbocycles. The average molecular weight is 222 g/mol. The van der Waals surface area contributed by atoms with Crippen molar-refractivity contribution in [3.63, 3.8) is 0 Å². The Bertz CT molecular complexity index is 225. The van der Waals surface area contributed by atoms with E-state index in [-0.39, 0.29) is 6.17 Å². The first kappa shape index (κ1) is 10.8. The molecule has 5 heteroatoms. The molecular weight excluding hydrogens is 209 g/mol. The van der Waals surface area contributed by atoms with Crippen LogP contribution in [0.4, 0.5) is 0 Å². The third-order valence-corrected chi connectivity index (χ3v) is 2.40. The summed E-state index contributed by atoms with van der Waals surface area (Å²) in [7, 11) is 2.00. The summed E-state index contributed by atoms with van der Waals surface area (Å²) >= 11 is 11.5. The van der Waals surface area contributed by atoms with Crippen molar-refractivity contribution in [1.29, 1.82) is 0 Å². The molecule has 0 spiro atoms. The maximum absolute atomic E-state index is 5.86. The molecule has 13 heavy (non-hydrogen) atoms. The van der Waals surface area contributed by atoms with Gasteiger partial charge in [-0.3, -0.25) is 4.90 Å². The fraction of sp³-hybridized carbons (Fsp3) is 0.625. The van der Waals surface area contributed by atoms with Gasteiger partial charge in [0.1, 0.15) is 6.17 Å². The van der Waals surface area contributed by atoms with Gasteiger partial charge in [-0.2, -0.15) is 0 Å². The Hall–Kier alpha value is -0.250. The molecule has 0 saturated carbocycles. The molecule has 1 rings (SSSR count). The second-order valence-corrected chi connectivity index (χ2v) is 3.50. The van der Waals surface area contributed by atoms with Crippen LogP contribution < -0.4 is 0 Å². The highest BCUT2D eigenvalue weighted by Crippen LogP contribution is 2.12. The van der Waals surface area contributed by atoms with Crippen molar-refractivity contribution in [3.05, 3.63) is 18.7 Å². The van der Waals surface area contributed by atoms with E-state index in [0.29, 0.717) is 11.8 Å². The van der Waals surface area contributed by atoms with Crippen LogP contribution in [0.25, 0.3) is 0 Å². The van der Waals surface area contributed by atoms with Crippen LogP contribution in [0.3, 0.4) is 0 Å². The van der Waals surface area contributed by atoms with Gasteiger partial charge in [-0.1, -0.05) is 0 Å². The number of halogens is 2. The fourth-order valence-corrected chi connectivity index (χ4v) is 1.81. The van der Waals surface area contributed by atoms with E-state index in [1.807, 2.05) is 17.8 Å². The predicted octanol–water partition coefficient (Wildman–Crippen LogP) is 1.79. The van der Waals surface area contributed by atoms with Gasteiger partial charge in [0.15, 0.2) is 0 Å². The van der Waals surface area contributed by atoms with Gasteiger partial charge in [0.2, 0.25) is 0 Å². The van der Waals surface area contributed by atoms with Crippen molar-refractivity contribution >= 4 is 23.2 Å². The molecule has 74 valence electrons. The largest absolute Gasteiger partial charge is 0.320 e. The van der Waals surface area contributed by atoms with E-state index in [2.05, 4.69) is 9.88 Å². The zero-order chi connectivity index (χ0) is 9.68. The summed E-state index contributed by atoms with van der Waals surface area (Å²) in [5.74, 6) is 1.14. The van der Waals surface area contributed by atoms with E-state index < -0.39 is 0 Å². The summed E-state index contributed by atoms with van der Waals surface area (Å²) in [6.45, 7) is 0.817. The van der Waals surface area contributed by atoms with Crippen molar-refractivity contribution in [2.45, 2.75) is 6.17 Å². The third-order valence-electron chi connectivity index (χ3n) is 1.95. The molecule has 0 radical (unpaired) electrons. The van der Waals surface area contributed by atoms with Crippen molar-refractivity contribution in [2.75, 3.05) is 25.4 Å². The Morgan fingerprint density at radius 2 is 2.31 bits per heavy atom. The van der Waals surface area contributed by atoms with E-state index in [1.165, 1.54) is 0 Å². The number of alkyl halides is 2. The molecule has 0 fully saturated rings. The number of hydrogen-bond donors (Lipinski definition) is 0. The monoisotopic (exact) mass is 221 g/mol. The Morgan fingerprint density at radius 1 is 1.54 bits per heavy atom. The number of imidazole rings is 1. The van der Waals surface area contributed by atoms with Crippen LogP contribution in [0.2, 0.25) is 0 Å². The van der Waals surface area contributed by atoms with E-state index in [0.717, 1.165) is 6.54 Å². The second-order valence-electron chi connectivity index (χ2n) is 2.81. The molecule has 1 atom stereocenters. The van der Waals surface area contributed by atoms with Crippen molar-refractivity contribution in [1.82, 2.24) is 14.5 Å². The molecule has 0 aliphatic rings. The Morgan fingerprint density at radius 3 is 2.77 bits per heavy atom. The minimum Gasteiger partial charge on any atom is -0.320 e. The maximum atomic E-state index is 5.86. The van der Waals surface area contributed by atoms with Crippen molar-refractivity contribution in [2.24, 2.45) is 0 Å². The highest BCUT2D eigenvalue weighted by molar-refractivity contribution is 6.18. The molecular formula is C8H13Cl2N3. The molecule has 0 aromatic carbocycles. The fourth-order valence-electron chi connectivity index (χ4n) is 1.15. The maximum Gasteiger partial charge on any atom is 0.101 e. The van der Waals surface area contributed by atoms with Gasteiger partial charge in [0.05, 0.1) is 12.2 Å². The molecule has 0 saturated heterocycles. The predicted molar refractivity (Wildman–Crippen MR) is 55.3 cm³/mol. The van der Waals surface area contributed by atoms with Gasteiger partial charge >= 0.3 is 0 Å². The average Bonchev–Trinajstić information content (AvgIpc) is 2.59. The molecule has 1 unspecified atom stereocenters. The summed E-state index contributed by atoms with van der Waals surface area (Å²) in [6, 6.07) is 0. The molecule has 1 aromatic heterocycles. The number of rotatable bonds is 5. The van der Waals surface area contributed by atoms with Crippen molar-refractivity contribution < 1.29 is 0 Å². The van der Waals surface area contributed by atoms with Crippen molar-refractivity contribution in [3.8, 4) is 0 Å². The molecule has 0 aliphatic heterocycles. The Labute approximate surface area is 88.3 Å². The first-order valence-corrected chi connectivity index (χ1v) is 5.16. The number of aromatic nitrogens is 2. The lowest BCUT2D eigenvalue weighted by Crippen LogP contribution is -2.31. The summed E-state index contributed by atoms with van der Waals surface area (Å²) in [6.07, 6.45) is 5.55. The Kier molecular flexibility index (Phi) is 4.56. The second kappa shape index (κ2) is 5.47. The van der Waals surface area contributed by atoms with Crippen LogP contribution in [-0.4, -0.2) is 39.8 Å². The van der Waals surface area contributed by atoms with Gasteiger partial charge < -0.3 is 4.57 Å². The van der Waals surface area contributed by atoms with Crippen LogP contribution in [0.15, 0.2) is 18.7 Å². The summed E-state index contributed by atoms with van der Waals surface area (Å²) in [5, 5.41) is 0. The molecule has 3 nitrogen and oxygen atoms in total. The van der Waals surface area contributed by atoms with Gasteiger partial charge in [0.25, 0.3) is 0 Å². The summed E-state index contributed by atoms with van der Waals surface area (Å²) in [5.41, 5.74) is 0. The van der Waals surface area contributed by atoms with E-state index in [4.69, 9.17) is 23.2 Å². The van der Waals surface area contributed by atoms with Gasteiger partial charge in [-0.25, -0.2) is 4.98 Å². The highest BCUT2D eigenvalue weighted by Gasteiger charge is 2.13. The van der Waals surface area contributed by atoms with Gasteiger partial charge in [-0.05, 0) is 7.05 Å². The highest BCUT2D eigenvalue weighted by atomic mass is 35.5. The molecule has 0 amide bonds. The van der Waals surface area contributed by atoms with E-state index in [1.54, 1.807) is 12.5 Å². The molecule has 1 aromatic rings. The summed E-state index contributed by atoms with van der Waals surface area (Å²) in [4.78, 5) is 6.08. The zero-order valence-corrected chi connectivity index (χ0v) is 9.04. The zero-order valence-electron chi connectivity index (χ0n) is 7.53. The Balaban J connectivity index is 2.62. The minimum absolute atomic E-state index is 0.142. The standard InChI is InChI=1S/C8H13Cl2N3/c1-12(4-2-9)8(6-10)13-5-3-11-7-13/h3,5,7-8H,2,4,6H2,1H3. The van der Waals surface area contributed by atoms with E-state index >= 15 is 0 Å².